The lowest BCUT2D eigenvalue weighted by atomic mass is 10.00. The second-order valence-corrected chi connectivity index (χ2v) is 10.8. The first kappa shape index (κ1) is 22.2. The van der Waals surface area contributed by atoms with E-state index in [1.54, 1.807) is 22.5 Å². The largest absolute Gasteiger partial charge is 0.341 e. The van der Waals surface area contributed by atoms with Crippen LogP contribution in [0.25, 0.3) is 0 Å². The van der Waals surface area contributed by atoms with Gasteiger partial charge in [0.05, 0.1) is 10.9 Å². The van der Waals surface area contributed by atoms with Crippen LogP contribution in [0, 0.1) is 12.8 Å². The third-order valence-electron chi connectivity index (χ3n) is 5.96. The minimum atomic E-state index is -3.52. The number of carbonyl (C=O) groups is 1. The van der Waals surface area contributed by atoms with Crippen LogP contribution in [0.2, 0.25) is 0 Å². The summed E-state index contributed by atoms with van der Waals surface area (Å²) in [6.45, 7) is 7.39. The van der Waals surface area contributed by atoms with Gasteiger partial charge in [-0.05, 0) is 69.7 Å². The Labute approximate surface area is 175 Å². The van der Waals surface area contributed by atoms with Crippen LogP contribution >= 0.6 is 0 Å². The molecule has 1 saturated heterocycles. The number of sulfonamides is 1. The van der Waals surface area contributed by atoms with E-state index in [4.69, 9.17) is 0 Å². The maximum atomic E-state index is 13.4. The highest BCUT2D eigenvalue weighted by Gasteiger charge is 2.44. The molecular weight excluding hydrogens is 386 g/mol. The van der Waals surface area contributed by atoms with E-state index in [1.165, 1.54) is 0 Å². The first-order valence-electron chi connectivity index (χ1n) is 10.8. The maximum absolute atomic E-state index is 13.4. The van der Waals surface area contributed by atoms with Crippen molar-refractivity contribution in [2.75, 3.05) is 20.1 Å². The molecule has 1 heterocycles. The molecule has 7 heteroatoms. The lowest BCUT2D eigenvalue weighted by molar-refractivity contribution is -0.135. The molecule has 0 radical (unpaired) electrons. The highest BCUT2D eigenvalue weighted by atomic mass is 32.2. The minimum absolute atomic E-state index is 0.0322. The predicted molar refractivity (Wildman–Crippen MR) is 115 cm³/mol. The summed E-state index contributed by atoms with van der Waals surface area (Å²) in [5.74, 6) is 0.581. The first-order chi connectivity index (χ1) is 13.7. The molecule has 1 aromatic carbocycles. The van der Waals surface area contributed by atoms with Crippen molar-refractivity contribution in [2.45, 2.75) is 75.9 Å². The monoisotopic (exact) mass is 421 g/mol. The van der Waals surface area contributed by atoms with Gasteiger partial charge in [0.25, 0.3) is 0 Å². The van der Waals surface area contributed by atoms with Crippen LogP contribution in [-0.2, 0) is 14.8 Å². The summed E-state index contributed by atoms with van der Waals surface area (Å²) < 4.78 is 28.5. The van der Waals surface area contributed by atoms with E-state index in [0.29, 0.717) is 36.7 Å². The number of hydrogen-bond acceptors (Lipinski definition) is 4. The van der Waals surface area contributed by atoms with Crippen molar-refractivity contribution in [1.29, 1.82) is 0 Å². The van der Waals surface area contributed by atoms with Crippen LogP contribution in [-0.4, -0.2) is 61.8 Å². The van der Waals surface area contributed by atoms with Crippen LogP contribution < -0.4 is 5.32 Å². The van der Waals surface area contributed by atoms with Crippen LogP contribution in [0.4, 0.5) is 0 Å². The van der Waals surface area contributed by atoms with Crippen LogP contribution in [0.3, 0.4) is 0 Å². The number of aryl methyl sites for hydroxylation is 1. The van der Waals surface area contributed by atoms with E-state index >= 15 is 0 Å². The Morgan fingerprint density at radius 3 is 2.31 bits per heavy atom. The molecule has 1 aromatic rings. The Bertz CT molecular complexity index is 812. The number of nitrogens with one attached hydrogen (secondary N) is 1. The zero-order valence-electron chi connectivity index (χ0n) is 18.1. The first-order valence-corrected chi connectivity index (χ1v) is 12.2. The molecule has 2 aliphatic rings. The Morgan fingerprint density at radius 1 is 1.17 bits per heavy atom. The summed E-state index contributed by atoms with van der Waals surface area (Å²) in [5, 5.41) is 3.15. The lowest BCUT2D eigenvalue weighted by Crippen LogP contribution is -2.53. The third-order valence-corrected chi connectivity index (χ3v) is 7.96. The second-order valence-electron chi connectivity index (χ2n) is 8.91. The molecule has 1 aliphatic carbocycles. The van der Waals surface area contributed by atoms with Crippen molar-refractivity contribution in [2.24, 2.45) is 5.92 Å². The summed E-state index contributed by atoms with van der Waals surface area (Å²) in [6.07, 6.45) is 4.07. The molecule has 6 nitrogen and oxygen atoms in total. The minimum Gasteiger partial charge on any atom is -0.341 e. The van der Waals surface area contributed by atoms with Crippen molar-refractivity contribution in [1.82, 2.24) is 14.5 Å². The molecule has 1 amide bonds. The molecule has 1 N–H and O–H groups in total. The Morgan fingerprint density at radius 2 is 1.79 bits per heavy atom. The van der Waals surface area contributed by atoms with Gasteiger partial charge in [0.15, 0.2) is 0 Å². The van der Waals surface area contributed by atoms with Gasteiger partial charge in [0.1, 0.15) is 0 Å². The third kappa shape index (κ3) is 5.19. The summed E-state index contributed by atoms with van der Waals surface area (Å²) in [5.41, 5.74) is 0.950. The molecule has 0 bridgehead atoms. The van der Waals surface area contributed by atoms with Gasteiger partial charge in [0, 0.05) is 25.2 Å². The molecule has 1 aliphatic heterocycles. The Kier molecular flexibility index (Phi) is 7.02. The number of likely N-dealkylation sites (N-methyl/N-ethyl adjacent to an activating group) is 1. The number of piperidine rings is 1. The lowest BCUT2D eigenvalue weighted by Gasteiger charge is -2.39. The molecule has 1 saturated carbocycles. The van der Waals surface area contributed by atoms with E-state index in [9.17, 15) is 13.2 Å². The molecular formula is C22H35N3O3S. The number of carbonyl (C=O) groups excluding carboxylic acids is 1. The molecule has 0 spiro atoms. The molecule has 1 atom stereocenters. The number of likely N-dealkylation sites (tertiary alicyclic amines) is 1. The molecule has 3 rings (SSSR count). The van der Waals surface area contributed by atoms with E-state index in [2.05, 4.69) is 19.2 Å². The predicted octanol–water partition coefficient (Wildman–Crippen LogP) is 2.77. The Hall–Kier alpha value is -1.44. The van der Waals surface area contributed by atoms with Gasteiger partial charge in [0.2, 0.25) is 15.9 Å². The van der Waals surface area contributed by atoms with E-state index in [1.807, 2.05) is 24.9 Å². The quantitative estimate of drug-likeness (QED) is 0.701. The van der Waals surface area contributed by atoms with Gasteiger partial charge < -0.3 is 10.2 Å². The number of benzene rings is 1. The van der Waals surface area contributed by atoms with Crippen molar-refractivity contribution >= 4 is 15.9 Å². The summed E-state index contributed by atoms with van der Waals surface area (Å²) in [6, 6.07) is 7.09. The normalized spacial score (nSPS) is 19.7. The van der Waals surface area contributed by atoms with Gasteiger partial charge in [-0.3, -0.25) is 4.79 Å². The molecule has 162 valence electrons. The SMILES string of the molecule is CN[C@@H](CC(C)C)C(=O)N1CCC(N(C2CC2)S(=O)(=O)c2cccc(C)c2)CC1. The fourth-order valence-electron chi connectivity index (χ4n) is 4.29. The van der Waals surface area contributed by atoms with Crippen molar-refractivity contribution in [3.05, 3.63) is 29.8 Å². The average molecular weight is 422 g/mol. The van der Waals surface area contributed by atoms with Crippen molar-refractivity contribution in [3.8, 4) is 0 Å². The van der Waals surface area contributed by atoms with Gasteiger partial charge in [-0.2, -0.15) is 4.31 Å². The second kappa shape index (κ2) is 9.14. The van der Waals surface area contributed by atoms with Gasteiger partial charge in [-0.15, -0.1) is 0 Å². The molecule has 0 unspecified atom stereocenters. The van der Waals surface area contributed by atoms with E-state index in [0.717, 1.165) is 24.8 Å². The summed E-state index contributed by atoms with van der Waals surface area (Å²) in [4.78, 5) is 15.2. The number of hydrogen-bond donors (Lipinski definition) is 1. The number of rotatable bonds is 8. The van der Waals surface area contributed by atoms with Crippen LogP contribution in [0.1, 0.15) is 51.5 Å². The smallest absolute Gasteiger partial charge is 0.243 e. The Balaban J connectivity index is 1.70. The fraction of sp³-hybridized carbons (Fsp3) is 0.682. The number of nitrogens with zero attached hydrogens (tertiary/aromatic N) is 2. The van der Waals surface area contributed by atoms with Crippen LogP contribution in [0.15, 0.2) is 29.2 Å². The summed E-state index contributed by atoms with van der Waals surface area (Å²) >= 11 is 0. The summed E-state index contributed by atoms with van der Waals surface area (Å²) in [7, 11) is -1.68. The standard InChI is InChI=1S/C22H35N3O3S/c1-16(2)14-21(23-4)22(26)24-12-10-19(11-13-24)25(18-8-9-18)29(27,28)20-7-5-6-17(3)15-20/h5-7,15-16,18-19,21,23H,8-14H2,1-4H3/t21-/m0/s1. The van der Waals surface area contributed by atoms with Crippen molar-refractivity contribution in [3.63, 3.8) is 0 Å². The highest BCUT2D eigenvalue weighted by molar-refractivity contribution is 7.89. The van der Waals surface area contributed by atoms with E-state index < -0.39 is 10.0 Å². The fourth-order valence-corrected chi connectivity index (χ4v) is 6.33. The zero-order chi connectivity index (χ0) is 21.2. The highest BCUT2D eigenvalue weighted by Crippen LogP contribution is 2.37. The maximum Gasteiger partial charge on any atom is 0.243 e. The van der Waals surface area contributed by atoms with Gasteiger partial charge in [-0.25, -0.2) is 8.42 Å². The van der Waals surface area contributed by atoms with Gasteiger partial charge in [-0.1, -0.05) is 26.0 Å². The van der Waals surface area contributed by atoms with Gasteiger partial charge >= 0.3 is 0 Å². The molecule has 0 aromatic heterocycles. The van der Waals surface area contributed by atoms with E-state index in [-0.39, 0.29) is 24.0 Å². The molecule has 29 heavy (non-hydrogen) atoms. The zero-order valence-corrected chi connectivity index (χ0v) is 18.9. The molecule has 2 fully saturated rings. The average Bonchev–Trinajstić information content (AvgIpc) is 3.51. The van der Waals surface area contributed by atoms with Crippen LogP contribution in [0.5, 0.6) is 0 Å². The topological polar surface area (TPSA) is 69.7 Å². The number of amides is 1. The van der Waals surface area contributed by atoms with Crippen molar-refractivity contribution < 1.29 is 13.2 Å².